The van der Waals surface area contributed by atoms with Gasteiger partial charge in [-0.25, -0.2) is 4.99 Å². The van der Waals surface area contributed by atoms with Gasteiger partial charge in [-0.05, 0) is 12.5 Å². The summed E-state index contributed by atoms with van der Waals surface area (Å²) in [7, 11) is 5.41. The van der Waals surface area contributed by atoms with Gasteiger partial charge >= 0.3 is 0 Å². The van der Waals surface area contributed by atoms with Gasteiger partial charge in [0.25, 0.3) is 0 Å². The lowest BCUT2D eigenvalue weighted by Crippen LogP contribution is -2.40. The van der Waals surface area contributed by atoms with Gasteiger partial charge in [0.15, 0.2) is 5.96 Å². The number of guanidine groups is 1. The zero-order valence-corrected chi connectivity index (χ0v) is 14.0. The number of nitrogens with one attached hydrogen (secondary N) is 1. The van der Waals surface area contributed by atoms with E-state index in [0.29, 0.717) is 12.5 Å². The van der Waals surface area contributed by atoms with E-state index in [-0.39, 0.29) is 12.5 Å². The van der Waals surface area contributed by atoms with Gasteiger partial charge in [0, 0.05) is 34.2 Å². The zero-order chi connectivity index (χ0) is 16.5. The van der Waals surface area contributed by atoms with Crippen LogP contribution in [0.4, 0.5) is 0 Å². The van der Waals surface area contributed by atoms with Gasteiger partial charge in [-0.1, -0.05) is 42.5 Å². The van der Waals surface area contributed by atoms with Crippen LogP contribution in [0.2, 0.25) is 0 Å². The maximum Gasteiger partial charge on any atom is 0.243 e. The molecule has 0 saturated heterocycles. The molecule has 1 N–H and O–H groups in total. The predicted molar refractivity (Wildman–Crippen MR) is 91.7 cm³/mol. The second-order valence-corrected chi connectivity index (χ2v) is 5.58. The van der Waals surface area contributed by atoms with Crippen molar-refractivity contribution in [3.8, 4) is 0 Å². The first-order chi connectivity index (χ1) is 10.4. The van der Waals surface area contributed by atoms with Crippen molar-refractivity contribution in [1.82, 2.24) is 15.1 Å². The third-order valence-electron chi connectivity index (χ3n) is 3.04. The van der Waals surface area contributed by atoms with Crippen LogP contribution in [0.15, 0.2) is 47.5 Å². The molecule has 0 aromatic heterocycles. The smallest absolute Gasteiger partial charge is 0.243 e. The van der Waals surface area contributed by atoms with E-state index in [4.69, 9.17) is 0 Å². The molecule has 0 aliphatic heterocycles. The number of nitrogens with zero attached hydrogens (tertiary/aromatic N) is 3. The number of carbonyl (C=O) groups excluding carboxylic acids is 1. The molecule has 0 saturated carbocycles. The Morgan fingerprint density at radius 3 is 2.41 bits per heavy atom. The number of aliphatic imine (C=N–C) groups is 1. The van der Waals surface area contributed by atoms with Gasteiger partial charge in [-0.2, -0.15) is 0 Å². The maximum atomic E-state index is 11.7. The fourth-order valence-electron chi connectivity index (χ4n) is 1.76. The minimum Gasteiger partial charge on any atom is -0.353 e. The third kappa shape index (κ3) is 6.43. The van der Waals surface area contributed by atoms with Crippen LogP contribution in [0.1, 0.15) is 12.5 Å². The van der Waals surface area contributed by atoms with Crippen molar-refractivity contribution < 1.29 is 4.79 Å². The van der Waals surface area contributed by atoms with E-state index in [1.165, 1.54) is 10.5 Å². The summed E-state index contributed by atoms with van der Waals surface area (Å²) in [5.74, 6) is 0.671. The highest BCUT2D eigenvalue weighted by atomic mass is 16.2. The molecule has 0 bridgehead atoms. The van der Waals surface area contributed by atoms with E-state index in [1.54, 1.807) is 14.1 Å². The Hall–Kier alpha value is -2.30. The second-order valence-electron chi connectivity index (χ2n) is 5.58. The van der Waals surface area contributed by atoms with E-state index in [1.807, 2.05) is 37.1 Å². The Labute approximate surface area is 133 Å². The van der Waals surface area contributed by atoms with Crippen LogP contribution in [-0.4, -0.2) is 55.9 Å². The van der Waals surface area contributed by atoms with Crippen molar-refractivity contribution in [2.24, 2.45) is 4.99 Å². The average Bonchev–Trinajstić information content (AvgIpc) is 2.47. The van der Waals surface area contributed by atoms with Crippen molar-refractivity contribution in [3.63, 3.8) is 0 Å². The fourth-order valence-corrected chi connectivity index (χ4v) is 1.76. The number of carbonyl (C=O) groups is 1. The molecule has 5 heteroatoms. The number of likely N-dealkylation sites (N-methyl/N-ethyl adjacent to an activating group) is 1. The molecule has 0 unspecified atom stereocenters. The number of hydrogen-bond donors (Lipinski definition) is 1. The first-order valence-corrected chi connectivity index (χ1v) is 7.28. The lowest BCUT2D eigenvalue weighted by atomic mass is 10.2. The lowest BCUT2D eigenvalue weighted by molar-refractivity contribution is -0.127. The van der Waals surface area contributed by atoms with Gasteiger partial charge in [0.05, 0.1) is 0 Å². The molecule has 5 nitrogen and oxygen atoms in total. The van der Waals surface area contributed by atoms with E-state index >= 15 is 0 Å². The molecule has 22 heavy (non-hydrogen) atoms. The normalized spacial score (nSPS) is 11.0. The molecule has 120 valence electrons. The van der Waals surface area contributed by atoms with E-state index < -0.39 is 0 Å². The molecule has 0 aliphatic carbocycles. The summed E-state index contributed by atoms with van der Waals surface area (Å²) in [5.41, 5.74) is 2.20. The minimum absolute atomic E-state index is 0.0252. The first-order valence-electron chi connectivity index (χ1n) is 7.28. The monoisotopic (exact) mass is 302 g/mol. The number of rotatable bonds is 6. The summed E-state index contributed by atoms with van der Waals surface area (Å²) in [6.45, 7) is 7.32. The van der Waals surface area contributed by atoms with Crippen LogP contribution in [-0.2, 0) is 11.3 Å². The van der Waals surface area contributed by atoms with Crippen LogP contribution in [0.3, 0.4) is 0 Å². The second kappa shape index (κ2) is 8.87. The molecule has 0 atom stereocenters. The third-order valence-corrected chi connectivity index (χ3v) is 3.04. The number of hydrogen-bond acceptors (Lipinski definition) is 2. The summed E-state index contributed by atoms with van der Waals surface area (Å²) in [6.07, 6.45) is 0. The zero-order valence-electron chi connectivity index (χ0n) is 14.0. The highest BCUT2D eigenvalue weighted by Gasteiger charge is 2.09. The SMILES string of the molecule is C=C(C)CNC(=NCC(=O)N(C)C)N(C)Cc1ccccc1. The van der Waals surface area contributed by atoms with Gasteiger partial charge in [-0.15, -0.1) is 0 Å². The Kier molecular flexibility index (Phi) is 7.16. The summed E-state index contributed by atoms with van der Waals surface area (Å²) in [5, 5.41) is 3.24. The highest BCUT2D eigenvalue weighted by molar-refractivity contribution is 5.84. The van der Waals surface area contributed by atoms with Gasteiger partial charge in [0.1, 0.15) is 6.54 Å². The average molecular weight is 302 g/mol. The number of benzene rings is 1. The van der Waals surface area contributed by atoms with Crippen LogP contribution < -0.4 is 5.32 Å². The van der Waals surface area contributed by atoms with Crippen molar-refractivity contribution in [2.45, 2.75) is 13.5 Å². The molecule has 1 amide bonds. The van der Waals surface area contributed by atoms with Crippen molar-refractivity contribution in [2.75, 3.05) is 34.2 Å². The Morgan fingerprint density at radius 1 is 1.23 bits per heavy atom. The van der Waals surface area contributed by atoms with E-state index in [0.717, 1.165) is 12.1 Å². The standard InChI is InChI=1S/C17H26N4O/c1-14(2)11-18-17(19-12-16(22)20(3)4)21(5)13-15-9-7-6-8-10-15/h6-10H,1,11-13H2,2-5H3,(H,18,19). The van der Waals surface area contributed by atoms with Crippen LogP contribution in [0.5, 0.6) is 0 Å². The summed E-state index contributed by atoms with van der Waals surface area (Å²) >= 11 is 0. The Bertz CT molecular complexity index is 523. The molecule has 0 aliphatic rings. The van der Waals surface area contributed by atoms with Gasteiger partial charge in [0.2, 0.25) is 5.91 Å². The van der Waals surface area contributed by atoms with Gasteiger partial charge < -0.3 is 15.1 Å². The molecule has 1 rings (SSSR count). The molecule has 0 heterocycles. The van der Waals surface area contributed by atoms with Gasteiger partial charge in [-0.3, -0.25) is 4.79 Å². The maximum absolute atomic E-state index is 11.7. The topological polar surface area (TPSA) is 47.9 Å². The molecule has 0 fully saturated rings. The molecule has 1 aromatic carbocycles. The Morgan fingerprint density at radius 2 is 1.86 bits per heavy atom. The number of amides is 1. The summed E-state index contributed by atoms with van der Waals surface area (Å²) < 4.78 is 0. The quantitative estimate of drug-likeness (QED) is 0.494. The van der Waals surface area contributed by atoms with Crippen LogP contribution in [0.25, 0.3) is 0 Å². The first kappa shape index (κ1) is 17.8. The fraction of sp³-hybridized carbons (Fsp3) is 0.412. The van der Waals surface area contributed by atoms with Crippen molar-refractivity contribution >= 4 is 11.9 Å². The largest absolute Gasteiger partial charge is 0.353 e. The van der Waals surface area contributed by atoms with E-state index in [9.17, 15) is 4.79 Å². The lowest BCUT2D eigenvalue weighted by Gasteiger charge is -2.23. The summed E-state index contributed by atoms with van der Waals surface area (Å²) in [6, 6.07) is 10.1. The van der Waals surface area contributed by atoms with Crippen molar-refractivity contribution in [1.29, 1.82) is 0 Å². The molecule has 1 aromatic rings. The Balaban J connectivity index is 2.76. The molecular formula is C17H26N4O. The highest BCUT2D eigenvalue weighted by Crippen LogP contribution is 2.03. The molecule has 0 radical (unpaired) electrons. The molecular weight excluding hydrogens is 276 g/mol. The molecule has 0 spiro atoms. The van der Waals surface area contributed by atoms with E-state index in [2.05, 4.69) is 29.0 Å². The van der Waals surface area contributed by atoms with Crippen LogP contribution >= 0.6 is 0 Å². The predicted octanol–water partition coefficient (Wildman–Crippen LogP) is 1.73. The minimum atomic E-state index is -0.0252. The van der Waals surface area contributed by atoms with Crippen molar-refractivity contribution in [3.05, 3.63) is 48.0 Å². The van der Waals surface area contributed by atoms with Crippen LogP contribution in [0, 0.1) is 0 Å². The summed E-state index contributed by atoms with van der Waals surface area (Å²) in [4.78, 5) is 19.7.